The maximum atomic E-state index is 14.6. The summed E-state index contributed by atoms with van der Waals surface area (Å²) in [6.45, 7) is 4.98. The quantitative estimate of drug-likeness (QED) is 0.238. The fraction of sp³-hybridized carbons (Fsp3) is 0.500. The Morgan fingerprint density at radius 1 is 1.16 bits per heavy atom. The van der Waals surface area contributed by atoms with Gasteiger partial charge in [-0.3, -0.25) is 15.0 Å². The van der Waals surface area contributed by atoms with Gasteiger partial charge in [0.2, 0.25) is 0 Å². The van der Waals surface area contributed by atoms with Gasteiger partial charge in [-0.1, -0.05) is 0 Å². The van der Waals surface area contributed by atoms with Crippen LogP contribution in [0.25, 0.3) is 42.5 Å². The summed E-state index contributed by atoms with van der Waals surface area (Å²) in [6, 6.07) is 4.67. The van der Waals surface area contributed by atoms with E-state index in [1.807, 2.05) is 6.07 Å². The first-order chi connectivity index (χ1) is 21.9. The Labute approximate surface area is 261 Å². The third-order valence-electron chi connectivity index (χ3n) is 10.4. The molecule has 2 N–H and O–H groups in total. The molecule has 4 aromatic heterocycles. The molecule has 0 amide bonds. The highest BCUT2D eigenvalue weighted by atomic mass is 32.1. The first-order valence-electron chi connectivity index (χ1n) is 15.7. The van der Waals surface area contributed by atoms with Gasteiger partial charge in [0, 0.05) is 66.2 Å². The lowest BCUT2D eigenvalue weighted by molar-refractivity contribution is 0.107. The molecule has 45 heavy (non-hydrogen) atoms. The highest BCUT2D eigenvalue weighted by molar-refractivity contribution is 7.26. The van der Waals surface area contributed by atoms with Crippen molar-refractivity contribution >= 4 is 48.4 Å². The Balaban J connectivity index is 1.22. The molecule has 0 unspecified atom stereocenters. The van der Waals surface area contributed by atoms with Crippen molar-refractivity contribution in [2.75, 3.05) is 37.7 Å². The molecule has 9 rings (SSSR count). The maximum absolute atomic E-state index is 14.6. The second-order valence-corrected chi connectivity index (χ2v) is 14.2. The van der Waals surface area contributed by atoms with Crippen LogP contribution in [0.3, 0.4) is 0 Å². The van der Waals surface area contributed by atoms with Gasteiger partial charge in [0.25, 0.3) is 6.43 Å². The van der Waals surface area contributed by atoms with Gasteiger partial charge in [0.05, 0.1) is 33.0 Å². The Bertz CT molecular complexity index is 1950. The monoisotopic (exact) mass is 634 g/mol. The molecule has 4 aliphatic heterocycles. The van der Waals surface area contributed by atoms with Gasteiger partial charge in [-0.15, -0.1) is 11.3 Å². The smallest absolute Gasteiger partial charge is 0.319 e. The van der Waals surface area contributed by atoms with Crippen molar-refractivity contribution < 1.29 is 17.9 Å². The number of benzene rings is 1. The third-order valence-corrected chi connectivity index (χ3v) is 11.5. The summed E-state index contributed by atoms with van der Waals surface area (Å²) in [5, 5.41) is 13.2. The molecule has 9 nitrogen and oxygen atoms in total. The number of hydrogen-bond acceptors (Lipinski definition) is 9. The number of rotatable bonds is 6. The summed E-state index contributed by atoms with van der Waals surface area (Å²) >= 11 is 1.42. The van der Waals surface area contributed by atoms with E-state index >= 15 is 0 Å². The number of hydrogen-bond donors (Lipinski definition) is 2. The van der Waals surface area contributed by atoms with Crippen LogP contribution in [0.4, 0.5) is 19.0 Å². The number of aromatic amines is 1. The van der Waals surface area contributed by atoms with Crippen LogP contribution in [0.2, 0.25) is 0 Å². The van der Waals surface area contributed by atoms with E-state index in [2.05, 4.69) is 25.3 Å². The van der Waals surface area contributed by atoms with E-state index in [4.69, 9.17) is 19.7 Å². The van der Waals surface area contributed by atoms with Crippen molar-refractivity contribution in [1.82, 2.24) is 35.4 Å². The van der Waals surface area contributed by atoms with Crippen molar-refractivity contribution in [3.8, 4) is 17.3 Å². The van der Waals surface area contributed by atoms with Gasteiger partial charge >= 0.3 is 6.01 Å². The average molecular weight is 635 g/mol. The average Bonchev–Trinajstić information content (AvgIpc) is 3.83. The topological polar surface area (TPSA) is 95.1 Å². The number of piperazine rings is 1. The van der Waals surface area contributed by atoms with E-state index in [1.165, 1.54) is 11.3 Å². The van der Waals surface area contributed by atoms with Gasteiger partial charge in [0.15, 0.2) is 0 Å². The van der Waals surface area contributed by atoms with E-state index in [1.54, 1.807) is 25.4 Å². The van der Waals surface area contributed by atoms with E-state index in [9.17, 15) is 13.2 Å². The van der Waals surface area contributed by atoms with E-state index in [0.29, 0.717) is 59.4 Å². The number of aromatic nitrogens is 5. The molecule has 4 atom stereocenters. The zero-order valence-electron chi connectivity index (χ0n) is 24.8. The van der Waals surface area contributed by atoms with Crippen LogP contribution >= 0.6 is 11.3 Å². The summed E-state index contributed by atoms with van der Waals surface area (Å²) in [4.78, 5) is 19.9. The van der Waals surface area contributed by atoms with Crippen molar-refractivity contribution in [2.45, 2.75) is 69.2 Å². The predicted molar refractivity (Wildman–Crippen MR) is 168 cm³/mol. The van der Waals surface area contributed by atoms with Crippen molar-refractivity contribution in [3.63, 3.8) is 0 Å². The highest BCUT2D eigenvalue weighted by Gasteiger charge is 2.49. The molecule has 4 aliphatic rings. The fourth-order valence-electron chi connectivity index (χ4n) is 8.43. The molecule has 13 heteroatoms. The van der Waals surface area contributed by atoms with E-state index in [0.717, 1.165) is 71.4 Å². The van der Waals surface area contributed by atoms with Gasteiger partial charge in [0.1, 0.15) is 23.4 Å². The largest absolute Gasteiger partial charge is 0.461 e. The lowest BCUT2D eigenvalue weighted by Gasteiger charge is -2.34. The SMILES string of the molecule is Cc1cc2[nH]ncc2c(-c2nccc3c2sc2nc(OC[C@@]45CCCN4C[C@H](F)C5)nc(N4C[C@H]5CC[C@@H](C4)N5)c23)c1C(F)F. The van der Waals surface area contributed by atoms with Crippen molar-refractivity contribution in [3.05, 3.63) is 35.7 Å². The highest BCUT2D eigenvalue weighted by Crippen LogP contribution is 2.47. The minimum Gasteiger partial charge on any atom is -0.461 e. The molecule has 8 heterocycles. The first-order valence-corrected chi connectivity index (χ1v) is 16.6. The molecule has 5 aromatic rings. The van der Waals surface area contributed by atoms with Gasteiger partial charge in [-0.2, -0.15) is 15.1 Å². The standard InChI is InChI=1S/C32H33F3N8OS/c1-16-9-22-21(11-37-41-22)24(23(16)28(34)35)26-27-20(5-7-36-26)25-29(42-13-18-3-4-19(14-42)38-18)39-31(40-30(25)45-27)44-15-32-6-2-8-43(32)12-17(33)10-32/h5,7,9,11,17-19,28,38H,2-4,6,8,10,12-15H2,1H3,(H,37,41)/t17-,18-,19+,32+/m1/s1. The van der Waals surface area contributed by atoms with Crippen LogP contribution in [0.5, 0.6) is 6.01 Å². The molecule has 4 fully saturated rings. The number of H-pyrrole nitrogens is 1. The molecule has 0 spiro atoms. The summed E-state index contributed by atoms with van der Waals surface area (Å²) in [5.41, 5.74) is 1.66. The Morgan fingerprint density at radius 2 is 2.00 bits per heavy atom. The molecule has 1 aromatic carbocycles. The van der Waals surface area contributed by atoms with Gasteiger partial charge in [-0.25, -0.2) is 13.2 Å². The zero-order valence-corrected chi connectivity index (χ0v) is 25.6. The first kappa shape index (κ1) is 27.7. The van der Waals surface area contributed by atoms with E-state index < -0.39 is 12.6 Å². The number of nitrogens with zero attached hydrogens (tertiary/aromatic N) is 6. The molecular formula is C32H33F3N8OS. The minimum atomic E-state index is -2.69. The summed E-state index contributed by atoms with van der Waals surface area (Å²) in [6.07, 6.45) is 4.36. The lowest BCUT2D eigenvalue weighted by Crippen LogP contribution is -2.51. The lowest BCUT2D eigenvalue weighted by atomic mass is 9.95. The molecule has 4 saturated heterocycles. The van der Waals surface area contributed by atoms with Crippen LogP contribution in [0.15, 0.2) is 24.5 Å². The molecular weight excluding hydrogens is 601 g/mol. The number of aryl methyl sites for hydroxylation is 1. The van der Waals surface area contributed by atoms with Gasteiger partial charge < -0.3 is 15.0 Å². The zero-order chi connectivity index (χ0) is 30.4. The normalized spacial score (nSPS) is 26.7. The number of pyridine rings is 1. The van der Waals surface area contributed by atoms with Gasteiger partial charge in [-0.05, 0) is 56.8 Å². The molecule has 0 aliphatic carbocycles. The van der Waals surface area contributed by atoms with Crippen LogP contribution in [-0.4, -0.2) is 86.6 Å². The van der Waals surface area contributed by atoms with E-state index in [-0.39, 0.29) is 17.1 Å². The predicted octanol–water partition coefficient (Wildman–Crippen LogP) is 5.92. The summed E-state index contributed by atoms with van der Waals surface area (Å²) in [7, 11) is 0. The number of nitrogens with one attached hydrogen (secondary N) is 2. The van der Waals surface area contributed by atoms with Crippen LogP contribution in [0, 0.1) is 6.92 Å². The van der Waals surface area contributed by atoms with Crippen LogP contribution in [0.1, 0.15) is 49.7 Å². The number of fused-ring (bicyclic) bond motifs is 7. The number of anilines is 1. The third kappa shape index (κ3) is 4.34. The number of alkyl halides is 3. The number of thiophene rings is 1. The number of ether oxygens (including phenoxy) is 1. The molecule has 234 valence electrons. The minimum absolute atomic E-state index is 0.0431. The van der Waals surface area contributed by atoms with Crippen molar-refractivity contribution in [2.24, 2.45) is 0 Å². The summed E-state index contributed by atoms with van der Waals surface area (Å²) < 4.78 is 50.9. The Hall–Kier alpha value is -3.55. The van der Waals surface area contributed by atoms with Crippen LogP contribution < -0.4 is 15.0 Å². The second kappa shape index (κ2) is 10.2. The molecule has 2 bridgehead atoms. The fourth-order valence-corrected chi connectivity index (χ4v) is 9.58. The summed E-state index contributed by atoms with van der Waals surface area (Å²) in [5.74, 6) is 0.791. The Kier molecular flexibility index (Phi) is 6.30. The molecule has 0 saturated carbocycles. The number of halogens is 3. The Morgan fingerprint density at radius 3 is 2.82 bits per heavy atom. The maximum Gasteiger partial charge on any atom is 0.319 e. The molecule has 0 radical (unpaired) electrons. The second-order valence-electron chi connectivity index (χ2n) is 13.2. The van der Waals surface area contributed by atoms with Crippen molar-refractivity contribution in [1.29, 1.82) is 0 Å². The van der Waals surface area contributed by atoms with Crippen LogP contribution in [-0.2, 0) is 0 Å².